The summed E-state index contributed by atoms with van der Waals surface area (Å²) in [6, 6.07) is 1.35. The summed E-state index contributed by atoms with van der Waals surface area (Å²) >= 11 is 0. The minimum atomic E-state index is -2.82. The summed E-state index contributed by atoms with van der Waals surface area (Å²) in [6.45, 7) is 2.96. The van der Waals surface area contributed by atoms with Crippen LogP contribution < -0.4 is 0 Å². The standard InChI is InChI=1S/C8H12F2N2/c1-6(2)8(9,10)7-4-5-12(3)11-7/h4-6H,1-3H3. The number of aromatic nitrogens is 2. The molecule has 0 aliphatic carbocycles. The molecule has 0 amide bonds. The normalized spacial score (nSPS) is 12.5. The van der Waals surface area contributed by atoms with Crippen LogP contribution >= 0.6 is 0 Å². The molecule has 0 fully saturated rings. The summed E-state index contributed by atoms with van der Waals surface area (Å²) in [6.07, 6.45) is 1.52. The predicted molar refractivity (Wildman–Crippen MR) is 41.9 cm³/mol. The molecule has 1 aromatic rings. The highest BCUT2D eigenvalue weighted by molar-refractivity contribution is 5.07. The van der Waals surface area contributed by atoms with Crippen LogP contribution in [0.15, 0.2) is 12.3 Å². The molecule has 4 heteroatoms. The minimum absolute atomic E-state index is 0.153. The van der Waals surface area contributed by atoms with Crippen LogP contribution in [0.3, 0.4) is 0 Å². The fourth-order valence-corrected chi connectivity index (χ4v) is 0.889. The first-order valence-corrected chi connectivity index (χ1v) is 3.82. The Hall–Kier alpha value is -0.930. The number of aryl methyl sites for hydroxylation is 1. The Bertz CT molecular complexity index is 266. The average molecular weight is 174 g/mol. The van der Waals surface area contributed by atoms with Gasteiger partial charge >= 0.3 is 0 Å². The Morgan fingerprint density at radius 1 is 1.50 bits per heavy atom. The van der Waals surface area contributed by atoms with Gasteiger partial charge in [0.25, 0.3) is 5.92 Å². The van der Waals surface area contributed by atoms with Gasteiger partial charge in [0, 0.05) is 19.2 Å². The summed E-state index contributed by atoms with van der Waals surface area (Å²) in [5, 5.41) is 3.67. The number of rotatable bonds is 2. The zero-order chi connectivity index (χ0) is 9.35. The quantitative estimate of drug-likeness (QED) is 0.671. The molecule has 0 radical (unpaired) electrons. The van der Waals surface area contributed by atoms with Gasteiger partial charge < -0.3 is 0 Å². The Morgan fingerprint density at radius 2 is 2.08 bits per heavy atom. The van der Waals surface area contributed by atoms with Crippen molar-refractivity contribution in [2.45, 2.75) is 19.8 Å². The number of hydrogen-bond acceptors (Lipinski definition) is 1. The van der Waals surface area contributed by atoms with Gasteiger partial charge in [-0.1, -0.05) is 13.8 Å². The molecule has 0 unspecified atom stereocenters. The van der Waals surface area contributed by atoms with E-state index < -0.39 is 11.8 Å². The van der Waals surface area contributed by atoms with E-state index in [4.69, 9.17) is 0 Å². The summed E-state index contributed by atoms with van der Waals surface area (Å²) in [4.78, 5) is 0. The third-order valence-corrected chi connectivity index (χ3v) is 1.78. The summed E-state index contributed by atoms with van der Waals surface area (Å²) in [7, 11) is 1.62. The summed E-state index contributed by atoms with van der Waals surface area (Å²) < 4.78 is 27.8. The highest BCUT2D eigenvalue weighted by Gasteiger charge is 2.37. The van der Waals surface area contributed by atoms with E-state index in [1.54, 1.807) is 7.05 Å². The molecule has 0 atom stereocenters. The number of halogens is 2. The molecule has 0 bridgehead atoms. The Kier molecular flexibility index (Phi) is 2.17. The molecular formula is C8H12F2N2. The van der Waals surface area contributed by atoms with Crippen molar-refractivity contribution in [1.82, 2.24) is 9.78 Å². The Morgan fingerprint density at radius 3 is 2.42 bits per heavy atom. The molecule has 0 saturated heterocycles. The molecule has 0 N–H and O–H groups in total. The van der Waals surface area contributed by atoms with Crippen molar-refractivity contribution in [3.05, 3.63) is 18.0 Å². The van der Waals surface area contributed by atoms with Gasteiger partial charge in [-0.2, -0.15) is 13.9 Å². The second-order valence-electron chi connectivity index (χ2n) is 3.15. The molecule has 1 rings (SSSR count). The zero-order valence-corrected chi connectivity index (χ0v) is 7.38. The van der Waals surface area contributed by atoms with Crippen LogP contribution in [0, 0.1) is 5.92 Å². The molecule has 0 aliphatic rings. The van der Waals surface area contributed by atoms with Gasteiger partial charge in [-0.15, -0.1) is 0 Å². The van der Waals surface area contributed by atoms with Gasteiger partial charge in [-0.3, -0.25) is 4.68 Å². The molecule has 0 aliphatic heterocycles. The van der Waals surface area contributed by atoms with Gasteiger partial charge in [-0.05, 0) is 6.07 Å². The SMILES string of the molecule is CC(C)C(F)(F)c1ccn(C)n1. The summed E-state index contributed by atoms with van der Waals surface area (Å²) in [5.41, 5.74) is -0.153. The largest absolute Gasteiger partial charge is 0.293 e. The lowest BCUT2D eigenvalue weighted by molar-refractivity contribution is -0.0558. The molecule has 2 nitrogen and oxygen atoms in total. The lowest BCUT2D eigenvalue weighted by Gasteiger charge is -2.17. The first-order valence-electron chi connectivity index (χ1n) is 3.82. The number of alkyl halides is 2. The molecule has 1 heterocycles. The molecule has 12 heavy (non-hydrogen) atoms. The van der Waals surface area contributed by atoms with E-state index in [1.807, 2.05) is 0 Å². The highest BCUT2D eigenvalue weighted by Crippen LogP contribution is 2.33. The maximum Gasteiger partial charge on any atom is 0.293 e. The predicted octanol–water partition coefficient (Wildman–Crippen LogP) is 2.17. The first kappa shape index (κ1) is 9.16. The van der Waals surface area contributed by atoms with Crippen molar-refractivity contribution in [3.8, 4) is 0 Å². The molecule has 68 valence electrons. The van der Waals surface area contributed by atoms with Crippen molar-refractivity contribution in [2.75, 3.05) is 0 Å². The summed E-state index contributed by atoms with van der Waals surface area (Å²) in [5.74, 6) is -3.53. The highest BCUT2D eigenvalue weighted by atomic mass is 19.3. The maximum absolute atomic E-state index is 13.2. The molecule has 0 spiro atoms. The molecule has 1 aromatic heterocycles. The van der Waals surface area contributed by atoms with Gasteiger partial charge in [0.1, 0.15) is 5.69 Å². The second kappa shape index (κ2) is 2.84. The van der Waals surface area contributed by atoms with E-state index in [1.165, 1.54) is 30.8 Å². The third-order valence-electron chi connectivity index (χ3n) is 1.78. The monoisotopic (exact) mass is 174 g/mol. The van der Waals surface area contributed by atoms with Crippen molar-refractivity contribution in [3.63, 3.8) is 0 Å². The van der Waals surface area contributed by atoms with E-state index in [0.29, 0.717) is 0 Å². The number of hydrogen-bond donors (Lipinski definition) is 0. The topological polar surface area (TPSA) is 17.8 Å². The third kappa shape index (κ3) is 1.47. The van der Waals surface area contributed by atoms with Crippen LogP contribution in [0.4, 0.5) is 8.78 Å². The lowest BCUT2D eigenvalue weighted by atomic mass is 10.0. The van der Waals surface area contributed by atoms with Crippen LogP contribution in [0.2, 0.25) is 0 Å². The van der Waals surface area contributed by atoms with Gasteiger partial charge in [-0.25, -0.2) is 0 Å². The van der Waals surface area contributed by atoms with Gasteiger partial charge in [0.05, 0.1) is 0 Å². The van der Waals surface area contributed by atoms with Crippen molar-refractivity contribution in [1.29, 1.82) is 0 Å². The number of nitrogens with zero attached hydrogens (tertiary/aromatic N) is 2. The van der Waals surface area contributed by atoms with Gasteiger partial charge in [0.2, 0.25) is 0 Å². The van der Waals surface area contributed by atoms with Crippen molar-refractivity contribution in [2.24, 2.45) is 13.0 Å². The smallest absolute Gasteiger partial charge is 0.275 e. The Balaban J connectivity index is 2.97. The van der Waals surface area contributed by atoms with Crippen LogP contribution in [0.5, 0.6) is 0 Å². The zero-order valence-electron chi connectivity index (χ0n) is 7.38. The second-order valence-corrected chi connectivity index (χ2v) is 3.15. The van der Waals surface area contributed by atoms with Crippen LogP contribution in [0.25, 0.3) is 0 Å². The molecular weight excluding hydrogens is 162 g/mol. The van der Waals surface area contributed by atoms with E-state index in [9.17, 15) is 8.78 Å². The molecule has 0 saturated carbocycles. The maximum atomic E-state index is 13.2. The Labute approximate surface area is 70.2 Å². The van der Waals surface area contributed by atoms with E-state index >= 15 is 0 Å². The fourth-order valence-electron chi connectivity index (χ4n) is 0.889. The first-order chi connectivity index (χ1) is 5.44. The minimum Gasteiger partial charge on any atom is -0.275 e. The fraction of sp³-hybridized carbons (Fsp3) is 0.625. The van der Waals surface area contributed by atoms with Crippen LogP contribution in [-0.2, 0) is 13.0 Å². The van der Waals surface area contributed by atoms with E-state index in [-0.39, 0.29) is 5.69 Å². The lowest BCUT2D eigenvalue weighted by Crippen LogP contribution is -2.21. The van der Waals surface area contributed by atoms with Crippen LogP contribution in [-0.4, -0.2) is 9.78 Å². The van der Waals surface area contributed by atoms with E-state index in [2.05, 4.69) is 5.10 Å². The van der Waals surface area contributed by atoms with Crippen molar-refractivity contribution < 1.29 is 8.78 Å². The molecule has 0 aromatic carbocycles. The average Bonchev–Trinajstić information content (AvgIpc) is 2.35. The van der Waals surface area contributed by atoms with Crippen molar-refractivity contribution >= 4 is 0 Å². The van der Waals surface area contributed by atoms with Gasteiger partial charge in [0.15, 0.2) is 0 Å². The van der Waals surface area contributed by atoms with Crippen LogP contribution in [0.1, 0.15) is 19.5 Å². The van der Waals surface area contributed by atoms with E-state index in [0.717, 1.165) is 0 Å².